The Morgan fingerprint density at radius 1 is 1.27 bits per heavy atom. The standard InChI is InChI=1S/C14H29N/c1-5-14(11(2)3)15-10-13-8-6-7-12(4)9-13/h11-15H,5-10H2,1-4H3. The van der Waals surface area contributed by atoms with E-state index in [2.05, 4.69) is 33.0 Å². The first-order valence-corrected chi connectivity index (χ1v) is 6.86. The monoisotopic (exact) mass is 211 g/mol. The summed E-state index contributed by atoms with van der Waals surface area (Å²) in [6, 6.07) is 0.724. The van der Waals surface area contributed by atoms with Crippen LogP contribution >= 0.6 is 0 Å². The highest BCUT2D eigenvalue weighted by atomic mass is 14.9. The van der Waals surface area contributed by atoms with Gasteiger partial charge in [0.2, 0.25) is 0 Å². The molecule has 90 valence electrons. The molecular weight excluding hydrogens is 182 g/mol. The minimum Gasteiger partial charge on any atom is -0.313 e. The van der Waals surface area contributed by atoms with Crippen LogP contribution in [0.25, 0.3) is 0 Å². The van der Waals surface area contributed by atoms with Crippen LogP contribution in [-0.2, 0) is 0 Å². The first kappa shape index (κ1) is 13.0. The molecule has 1 aliphatic carbocycles. The molecule has 1 nitrogen and oxygen atoms in total. The zero-order valence-electron chi connectivity index (χ0n) is 11.1. The van der Waals surface area contributed by atoms with Crippen molar-refractivity contribution in [1.82, 2.24) is 5.32 Å². The maximum absolute atomic E-state index is 3.76. The van der Waals surface area contributed by atoms with Crippen molar-refractivity contribution in [2.75, 3.05) is 6.54 Å². The van der Waals surface area contributed by atoms with Gasteiger partial charge >= 0.3 is 0 Å². The van der Waals surface area contributed by atoms with Crippen LogP contribution in [0.5, 0.6) is 0 Å². The van der Waals surface area contributed by atoms with Crippen molar-refractivity contribution in [3.63, 3.8) is 0 Å². The van der Waals surface area contributed by atoms with E-state index in [0.29, 0.717) is 0 Å². The zero-order valence-corrected chi connectivity index (χ0v) is 11.1. The average Bonchev–Trinajstić information content (AvgIpc) is 2.18. The molecule has 0 aliphatic heterocycles. The Morgan fingerprint density at radius 2 is 2.00 bits per heavy atom. The van der Waals surface area contributed by atoms with Crippen molar-refractivity contribution in [2.45, 2.75) is 65.8 Å². The van der Waals surface area contributed by atoms with E-state index in [-0.39, 0.29) is 0 Å². The zero-order chi connectivity index (χ0) is 11.3. The fourth-order valence-corrected chi connectivity index (χ4v) is 2.91. The van der Waals surface area contributed by atoms with Gasteiger partial charge in [0.05, 0.1) is 0 Å². The van der Waals surface area contributed by atoms with E-state index in [1.54, 1.807) is 0 Å². The number of nitrogens with one attached hydrogen (secondary N) is 1. The highest BCUT2D eigenvalue weighted by Gasteiger charge is 2.20. The second-order valence-electron chi connectivity index (χ2n) is 5.80. The molecule has 1 fully saturated rings. The highest BCUT2D eigenvalue weighted by Crippen LogP contribution is 2.28. The van der Waals surface area contributed by atoms with Crippen LogP contribution in [0.15, 0.2) is 0 Å². The lowest BCUT2D eigenvalue weighted by Gasteiger charge is -2.29. The van der Waals surface area contributed by atoms with Crippen LogP contribution in [-0.4, -0.2) is 12.6 Å². The second kappa shape index (κ2) is 6.52. The first-order chi connectivity index (χ1) is 7.13. The SMILES string of the molecule is CCC(NCC1CCCC(C)C1)C(C)C. The molecule has 3 unspecified atom stereocenters. The predicted octanol–water partition coefficient (Wildman–Crippen LogP) is 3.84. The molecule has 0 saturated heterocycles. The van der Waals surface area contributed by atoms with E-state index in [4.69, 9.17) is 0 Å². The maximum Gasteiger partial charge on any atom is 0.00875 e. The number of hydrogen-bond donors (Lipinski definition) is 1. The van der Waals surface area contributed by atoms with Gasteiger partial charge in [0.1, 0.15) is 0 Å². The molecule has 15 heavy (non-hydrogen) atoms. The largest absolute Gasteiger partial charge is 0.313 e. The summed E-state index contributed by atoms with van der Waals surface area (Å²) in [5.74, 6) is 2.68. The van der Waals surface area contributed by atoms with Gasteiger partial charge in [-0.25, -0.2) is 0 Å². The topological polar surface area (TPSA) is 12.0 Å². The van der Waals surface area contributed by atoms with Gasteiger partial charge in [-0.05, 0) is 43.6 Å². The van der Waals surface area contributed by atoms with Crippen molar-refractivity contribution < 1.29 is 0 Å². The molecule has 0 amide bonds. The van der Waals surface area contributed by atoms with E-state index < -0.39 is 0 Å². The third-order valence-electron chi connectivity index (χ3n) is 3.96. The Labute approximate surface area is 96.0 Å². The highest BCUT2D eigenvalue weighted by molar-refractivity contribution is 4.75. The maximum atomic E-state index is 3.76. The van der Waals surface area contributed by atoms with Crippen LogP contribution < -0.4 is 5.32 Å². The predicted molar refractivity (Wildman–Crippen MR) is 68.0 cm³/mol. The molecule has 0 aromatic heterocycles. The molecule has 3 atom stereocenters. The molecule has 0 radical (unpaired) electrons. The summed E-state index contributed by atoms with van der Waals surface area (Å²) in [6.45, 7) is 10.6. The molecule has 0 heterocycles. The Hall–Kier alpha value is -0.0400. The average molecular weight is 211 g/mol. The summed E-state index contributed by atoms with van der Waals surface area (Å²) in [7, 11) is 0. The fraction of sp³-hybridized carbons (Fsp3) is 1.00. The number of hydrogen-bond acceptors (Lipinski definition) is 1. The van der Waals surface area contributed by atoms with Gasteiger partial charge < -0.3 is 5.32 Å². The molecule has 0 aromatic rings. The van der Waals surface area contributed by atoms with Crippen molar-refractivity contribution in [1.29, 1.82) is 0 Å². The molecule has 1 aliphatic rings. The summed E-state index contributed by atoms with van der Waals surface area (Å²) in [5, 5.41) is 3.76. The molecule has 1 heteroatoms. The van der Waals surface area contributed by atoms with E-state index >= 15 is 0 Å². The van der Waals surface area contributed by atoms with Crippen molar-refractivity contribution in [2.24, 2.45) is 17.8 Å². The molecule has 0 bridgehead atoms. The Kier molecular flexibility index (Phi) is 5.66. The molecule has 1 saturated carbocycles. The van der Waals surface area contributed by atoms with Gasteiger partial charge in [0.25, 0.3) is 0 Å². The third-order valence-corrected chi connectivity index (χ3v) is 3.96. The summed E-state index contributed by atoms with van der Waals surface area (Å²) in [4.78, 5) is 0. The lowest BCUT2D eigenvalue weighted by atomic mass is 9.82. The van der Waals surface area contributed by atoms with Gasteiger partial charge in [-0.2, -0.15) is 0 Å². The summed E-state index contributed by atoms with van der Waals surface area (Å²) in [6.07, 6.45) is 7.07. The summed E-state index contributed by atoms with van der Waals surface area (Å²) < 4.78 is 0. The van der Waals surface area contributed by atoms with Crippen LogP contribution in [0.4, 0.5) is 0 Å². The quantitative estimate of drug-likeness (QED) is 0.728. The Balaban J connectivity index is 2.23. The Bertz CT molecular complexity index is 165. The van der Waals surface area contributed by atoms with Gasteiger partial charge in [-0.15, -0.1) is 0 Å². The van der Waals surface area contributed by atoms with E-state index in [9.17, 15) is 0 Å². The van der Waals surface area contributed by atoms with Crippen LogP contribution in [0.1, 0.15) is 59.8 Å². The molecular formula is C14H29N. The normalized spacial score (nSPS) is 29.4. The molecule has 1 N–H and O–H groups in total. The van der Waals surface area contributed by atoms with Gasteiger partial charge in [0.15, 0.2) is 0 Å². The minimum atomic E-state index is 0.724. The number of rotatable bonds is 5. The smallest absolute Gasteiger partial charge is 0.00875 e. The molecule has 0 aromatic carbocycles. The van der Waals surface area contributed by atoms with Crippen molar-refractivity contribution in [3.05, 3.63) is 0 Å². The third kappa shape index (κ3) is 4.55. The van der Waals surface area contributed by atoms with Crippen LogP contribution in [0.3, 0.4) is 0 Å². The second-order valence-corrected chi connectivity index (χ2v) is 5.80. The summed E-state index contributed by atoms with van der Waals surface area (Å²) in [5.41, 5.74) is 0. The fourth-order valence-electron chi connectivity index (χ4n) is 2.91. The van der Waals surface area contributed by atoms with Gasteiger partial charge in [-0.3, -0.25) is 0 Å². The van der Waals surface area contributed by atoms with Crippen LogP contribution in [0, 0.1) is 17.8 Å². The van der Waals surface area contributed by atoms with Crippen molar-refractivity contribution in [3.8, 4) is 0 Å². The minimum absolute atomic E-state index is 0.724. The first-order valence-electron chi connectivity index (χ1n) is 6.86. The molecule has 1 rings (SSSR count). The lowest BCUT2D eigenvalue weighted by Crippen LogP contribution is -2.37. The van der Waals surface area contributed by atoms with E-state index in [1.807, 2.05) is 0 Å². The molecule has 0 spiro atoms. The van der Waals surface area contributed by atoms with Gasteiger partial charge in [0, 0.05) is 6.04 Å². The van der Waals surface area contributed by atoms with E-state index in [1.165, 1.54) is 38.6 Å². The summed E-state index contributed by atoms with van der Waals surface area (Å²) >= 11 is 0. The lowest BCUT2D eigenvalue weighted by molar-refractivity contribution is 0.255. The Morgan fingerprint density at radius 3 is 2.53 bits per heavy atom. The van der Waals surface area contributed by atoms with E-state index in [0.717, 1.165) is 23.8 Å². The van der Waals surface area contributed by atoms with Gasteiger partial charge in [-0.1, -0.05) is 40.5 Å². The van der Waals surface area contributed by atoms with Crippen molar-refractivity contribution >= 4 is 0 Å². The van der Waals surface area contributed by atoms with Crippen LogP contribution in [0.2, 0.25) is 0 Å².